The summed E-state index contributed by atoms with van der Waals surface area (Å²) in [6.07, 6.45) is 1.96. The lowest BCUT2D eigenvalue weighted by Gasteiger charge is -2.43. The molecule has 7 nitrogen and oxygen atoms in total. The van der Waals surface area contributed by atoms with Gasteiger partial charge in [-0.05, 0) is 87.5 Å². The van der Waals surface area contributed by atoms with Gasteiger partial charge in [-0.15, -0.1) is 0 Å². The first-order valence-corrected chi connectivity index (χ1v) is 12.7. The molecule has 0 bridgehead atoms. The zero-order valence-corrected chi connectivity index (χ0v) is 21.3. The number of piperidine rings is 1. The van der Waals surface area contributed by atoms with Gasteiger partial charge in [0.2, 0.25) is 5.91 Å². The smallest absolute Gasteiger partial charge is 0.408 e. The second-order valence-corrected chi connectivity index (χ2v) is 10.1. The van der Waals surface area contributed by atoms with Crippen molar-refractivity contribution in [2.45, 2.75) is 77.7 Å². The number of hydrogen-bond acceptors (Lipinski definition) is 4. The normalized spacial score (nSPS) is 20.5. The largest absolute Gasteiger partial charge is 0.465 e. The number of amides is 2. The number of carbonyl (C=O) groups is 2. The molecule has 2 aromatic carbocycles. The Kier molecular flexibility index (Phi) is 7.77. The maximum atomic E-state index is 12.5. The Labute approximate surface area is 208 Å². The van der Waals surface area contributed by atoms with Crippen LogP contribution in [0.4, 0.5) is 10.5 Å². The van der Waals surface area contributed by atoms with E-state index in [9.17, 15) is 14.7 Å². The maximum absolute atomic E-state index is 12.5. The molecule has 1 fully saturated rings. The fourth-order valence-electron chi connectivity index (χ4n) is 5.57. The molecule has 3 N–H and O–H groups in total. The van der Waals surface area contributed by atoms with Crippen molar-refractivity contribution in [3.63, 3.8) is 0 Å². The lowest BCUT2D eigenvalue weighted by molar-refractivity contribution is -0.117. The predicted octanol–water partition coefficient (Wildman–Crippen LogP) is 4.77. The summed E-state index contributed by atoms with van der Waals surface area (Å²) >= 11 is 0. The number of benzene rings is 2. The van der Waals surface area contributed by atoms with Crippen LogP contribution in [0.5, 0.6) is 0 Å². The van der Waals surface area contributed by atoms with Crippen LogP contribution in [0.25, 0.3) is 11.1 Å². The molecule has 7 heteroatoms. The third-order valence-electron chi connectivity index (χ3n) is 7.32. The van der Waals surface area contributed by atoms with Crippen molar-refractivity contribution >= 4 is 17.7 Å². The molecule has 1 saturated heterocycles. The third-order valence-corrected chi connectivity index (χ3v) is 7.32. The van der Waals surface area contributed by atoms with Gasteiger partial charge >= 0.3 is 6.09 Å². The summed E-state index contributed by atoms with van der Waals surface area (Å²) in [5.41, 5.74) is 5.05. The van der Waals surface area contributed by atoms with Crippen molar-refractivity contribution in [1.82, 2.24) is 15.5 Å². The fourth-order valence-corrected chi connectivity index (χ4v) is 5.57. The lowest BCUT2D eigenvalue weighted by Crippen LogP contribution is -2.48. The molecule has 188 valence electrons. The van der Waals surface area contributed by atoms with Crippen molar-refractivity contribution in [2.24, 2.45) is 0 Å². The second-order valence-electron chi connectivity index (χ2n) is 10.1. The minimum absolute atomic E-state index is 0.0260. The Hall–Kier alpha value is -2.90. The topological polar surface area (TPSA) is 84.9 Å². The summed E-state index contributed by atoms with van der Waals surface area (Å²) in [6, 6.07) is 14.7. The summed E-state index contributed by atoms with van der Waals surface area (Å²) < 4.78 is 0. The zero-order valence-electron chi connectivity index (χ0n) is 21.3. The zero-order chi connectivity index (χ0) is 25.1. The number of nitrogens with one attached hydrogen (secondary N) is 2. The van der Waals surface area contributed by atoms with Gasteiger partial charge in [-0.1, -0.05) is 30.3 Å². The molecule has 0 spiro atoms. The summed E-state index contributed by atoms with van der Waals surface area (Å²) in [4.78, 5) is 28.0. The number of carbonyl (C=O) groups excluding carboxylic acids is 1. The van der Waals surface area contributed by atoms with E-state index < -0.39 is 6.09 Å². The minimum Gasteiger partial charge on any atom is -0.465 e. The Morgan fingerprint density at radius 1 is 1.11 bits per heavy atom. The van der Waals surface area contributed by atoms with Gasteiger partial charge in [0.1, 0.15) is 0 Å². The van der Waals surface area contributed by atoms with Crippen LogP contribution < -0.4 is 15.5 Å². The van der Waals surface area contributed by atoms with Crippen LogP contribution in [0.1, 0.15) is 64.1 Å². The number of hydrogen-bond donors (Lipinski definition) is 3. The molecule has 2 aliphatic rings. The van der Waals surface area contributed by atoms with Crippen molar-refractivity contribution in [2.75, 3.05) is 18.0 Å². The highest BCUT2D eigenvalue weighted by Crippen LogP contribution is 2.43. The monoisotopic (exact) mass is 478 g/mol. The lowest BCUT2D eigenvalue weighted by atomic mass is 9.87. The molecule has 4 rings (SSSR count). The first kappa shape index (κ1) is 25.2. The standard InChI is InChI=1S/C28H38N4O3/c1-18(2)31(28(34)35)27-15-19(3)32(20(4)33)26-10-9-23(16-25(26)27)22-7-5-21(6-8-22)17-30-24-11-13-29-14-12-24/h5-10,16,18-19,24,27,29-30H,11-15,17H2,1-4H3,(H,34,35)/t19-,27+/m0/s1. The Morgan fingerprint density at radius 2 is 1.77 bits per heavy atom. The van der Waals surface area contributed by atoms with Crippen LogP contribution in [-0.2, 0) is 11.3 Å². The molecule has 35 heavy (non-hydrogen) atoms. The van der Waals surface area contributed by atoms with E-state index in [4.69, 9.17) is 0 Å². The van der Waals surface area contributed by atoms with Gasteiger partial charge in [0.05, 0.1) is 6.04 Å². The molecule has 0 saturated carbocycles. The first-order chi connectivity index (χ1) is 16.8. The van der Waals surface area contributed by atoms with Crippen LogP contribution in [0.15, 0.2) is 42.5 Å². The van der Waals surface area contributed by atoms with E-state index in [1.807, 2.05) is 32.9 Å². The average Bonchev–Trinajstić information content (AvgIpc) is 2.83. The molecular weight excluding hydrogens is 440 g/mol. The van der Waals surface area contributed by atoms with E-state index in [1.54, 1.807) is 11.8 Å². The van der Waals surface area contributed by atoms with Crippen LogP contribution in [0, 0.1) is 0 Å². The highest BCUT2D eigenvalue weighted by atomic mass is 16.4. The van der Waals surface area contributed by atoms with E-state index in [0.29, 0.717) is 12.5 Å². The molecule has 2 amide bonds. The molecule has 0 radical (unpaired) electrons. The van der Waals surface area contributed by atoms with E-state index in [0.717, 1.165) is 54.9 Å². The van der Waals surface area contributed by atoms with Crippen LogP contribution >= 0.6 is 0 Å². The molecule has 0 unspecified atom stereocenters. The quantitative estimate of drug-likeness (QED) is 0.557. The van der Waals surface area contributed by atoms with Crippen molar-refractivity contribution in [3.8, 4) is 11.1 Å². The van der Waals surface area contributed by atoms with Crippen molar-refractivity contribution in [3.05, 3.63) is 53.6 Å². The molecule has 2 atom stereocenters. The van der Waals surface area contributed by atoms with Gasteiger partial charge in [-0.25, -0.2) is 4.79 Å². The molecule has 2 heterocycles. The van der Waals surface area contributed by atoms with Gasteiger partial charge in [-0.3, -0.25) is 9.69 Å². The van der Waals surface area contributed by atoms with Crippen molar-refractivity contribution in [1.29, 1.82) is 0 Å². The van der Waals surface area contributed by atoms with E-state index in [2.05, 4.69) is 41.0 Å². The maximum Gasteiger partial charge on any atom is 0.408 e. The van der Waals surface area contributed by atoms with Crippen molar-refractivity contribution < 1.29 is 14.7 Å². The van der Waals surface area contributed by atoms with Gasteiger partial charge in [-0.2, -0.15) is 0 Å². The predicted molar refractivity (Wildman–Crippen MR) is 140 cm³/mol. The summed E-state index contributed by atoms with van der Waals surface area (Å²) in [6.45, 7) is 10.4. The molecule has 2 aromatic rings. The summed E-state index contributed by atoms with van der Waals surface area (Å²) in [7, 11) is 0. The summed E-state index contributed by atoms with van der Waals surface area (Å²) in [5.74, 6) is -0.0260. The SMILES string of the molecule is CC(=O)N1c2ccc(-c3ccc(CNC4CCNCC4)cc3)cc2[C@H](N(C(=O)O)C(C)C)C[C@@H]1C. The minimum atomic E-state index is -0.935. The van der Waals surface area contributed by atoms with Crippen LogP contribution in [0.3, 0.4) is 0 Å². The molecular formula is C28H38N4O3. The first-order valence-electron chi connectivity index (χ1n) is 12.7. The number of anilines is 1. The average molecular weight is 479 g/mol. The van der Waals surface area contributed by atoms with Gasteiger partial charge < -0.3 is 20.6 Å². The Bertz CT molecular complexity index is 1050. The Morgan fingerprint density at radius 3 is 2.37 bits per heavy atom. The number of fused-ring (bicyclic) bond motifs is 1. The highest BCUT2D eigenvalue weighted by molar-refractivity contribution is 5.94. The van der Waals surface area contributed by atoms with Gasteiger partial charge in [0.25, 0.3) is 0 Å². The molecule has 0 aromatic heterocycles. The van der Waals surface area contributed by atoms with Gasteiger partial charge in [0, 0.05) is 37.3 Å². The number of nitrogens with zero attached hydrogens (tertiary/aromatic N) is 2. The van der Waals surface area contributed by atoms with E-state index >= 15 is 0 Å². The number of rotatable bonds is 6. The van der Waals surface area contributed by atoms with Gasteiger partial charge in [0.15, 0.2) is 0 Å². The molecule has 2 aliphatic heterocycles. The highest BCUT2D eigenvalue weighted by Gasteiger charge is 2.38. The third kappa shape index (κ3) is 5.52. The summed E-state index contributed by atoms with van der Waals surface area (Å²) in [5, 5.41) is 17.0. The van der Waals surface area contributed by atoms with Crippen LogP contribution in [-0.4, -0.2) is 53.2 Å². The fraction of sp³-hybridized carbons (Fsp3) is 0.500. The van der Waals surface area contributed by atoms with Crippen LogP contribution in [0.2, 0.25) is 0 Å². The Balaban J connectivity index is 1.62. The molecule has 0 aliphatic carbocycles. The van der Waals surface area contributed by atoms with E-state index in [1.165, 1.54) is 10.5 Å². The van der Waals surface area contributed by atoms with E-state index in [-0.39, 0.29) is 24.0 Å². The second kappa shape index (κ2) is 10.8. The number of carboxylic acid groups (broad SMARTS) is 1.